The standard InChI is InChI=1S/C42H24N2O/c1-3-11-32-30(9-1)38(28-17-20-29-27(24-28)19-22-37-40(29)34-13-5-6-14-36(34)45-37)31-10-2-4-12-33(31)39(32)35-21-18-26-16-15-25-8-7-23-43-41(25)42(26)44-35/h1-24H. The van der Waals surface area contributed by atoms with Gasteiger partial charge in [0.1, 0.15) is 11.2 Å². The van der Waals surface area contributed by atoms with Crippen LogP contribution in [0.4, 0.5) is 0 Å². The first-order chi connectivity index (χ1) is 22.3. The zero-order valence-electron chi connectivity index (χ0n) is 24.2. The molecule has 7 aromatic carbocycles. The highest BCUT2D eigenvalue weighted by Crippen LogP contribution is 2.45. The lowest BCUT2D eigenvalue weighted by atomic mass is 9.86. The molecule has 10 aromatic rings. The van der Waals surface area contributed by atoms with Gasteiger partial charge in [0.2, 0.25) is 0 Å². The lowest BCUT2D eigenvalue weighted by Crippen LogP contribution is -1.93. The number of nitrogens with zero attached hydrogens (tertiary/aromatic N) is 2. The number of aromatic nitrogens is 2. The Hall–Kier alpha value is -6.06. The van der Waals surface area contributed by atoms with Crippen molar-refractivity contribution < 1.29 is 4.42 Å². The highest BCUT2D eigenvalue weighted by molar-refractivity contribution is 6.23. The molecule has 0 amide bonds. The van der Waals surface area contributed by atoms with Gasteiger partial charge >= 0.3 is 0 Å². The third-order valence-corrected chi connectivity index (χ3v) is 9.27. The van der Waals surface area contributed by atoms with E-state index in [1.165, 1.54) is 48.8 Å². The second-order valence-electron chi connectivity index (χ2n) is 11.7. The van der Waals surface area contributed by atoms with Crippen LogP contribution in [0.1, 0.15) is 0 Å². The SMILES string of the molecule is c1cnc2c(c1)ccc1ccc(-c3c4ccccc4c(-c4ccc5c(ccc6oc7ccccc7c65)c4)c4ccccc34)nc12. The molecule has 0 fully saturated rings. The summed E-state index contributed by atoms with van der Waals surface area (Å²) in [6.07, 6.45) is 1.85. The molecule has 0 aliphatic carbocycles. The van der Waals surface area contributed by atoms with Gasteiger partial charge in [0.25, 0.3) is 0 Å². The van der Waals surface area contributed by atoms with Crippen LogP contribution in [0.5, 0.6) is 0 Å². The van der Waals surface area contributed by atoms with Crippen LogP contribution in [-0.2, 0) is 0 Å². The van der Waals surface area contributed by atoms with Crippen molar-refractivity contribution in [2.45, 2.75) is 0 Å². The zero-order chi connectivity index (χ0) is 29.5. The van der Waals surface area contributed by atoms with Gasteiger partial charge in [-0.1, -0.05) is 109 Å². The van der Waals surface area contributed by atoms with Crippen molar-refractivity contribution in [3.8, 4) is 22.4 Å². The van der Waals surface area contributed by atoms with Gasteiger partial charge in [-0.2, -0.15) is 0 Å². The number of para-hydroxylation sites is 1. The van der Waals surface area contributed by atoms with Gasteiger partial charge in [-0.25, -0.2) is 4.98 Å². The smallest absolute Gasteiger partial charge is 0.136 e. The monoisotopic (exact) mass is 572 g/mol. The predicted molar refractivity (Wildman–Crippen MR) is 188 cm³/mol. The Morgan fingerprint density at radius 3 is 1.84 bits per heavy atom. The molecular formula is C42H24N2O. The quantitative estimate of drug-likeness (QED) is 0.153. The molecule has 0 radical (unpaired) electrons. The largest absolute Gasteiger partial charge is 0.456 e. The minimum Gasteiger partial charge on any atom is -0.456 e. The van der Waals surface area contributed by atoms with Crippen molar-refractivity contribution >= 4 is 76.1 Å². The minimum absolute atomic E-state index is 0.919. The van der Waals surface area contributed by atoms with E-state index in [4.69, 9.17) is 14.4 Å². The molecule has 208 valence electrons. The fraction of sp³-hybridized carbons (Fsp3) is 0. The molecule has 3 heteroatoms. The van der Waals surface area contributed by atoms with Crippen molar-refractivity contribution in [3.63, 3.8) is 0 Å². The molecule has 0 saturated heterocycles. The van der Waals surface area contributed by atoms with Gasteiger partial charge in [0.15, 0.2) is 0 Å². The van der Waals surface area contributed by atoms with Gasteiger partial charge in [-0.15, -0.1) is 0 Å². The number of benzene rings is 7. The van der Waals surface area contributed by atoms with E-state index >= 15 is 0 Å². The van der Waals surface area contributed by atoms with Crippen LogP contribution in [0.2, 0.25) is 0 Å². The third-order valence-electron chi connectivity index (χ3n) is 9.27. The molecule has 3 nitrogen and oxygen atoms in total. The second kappa shape index (κ2) is 9.22. The number of furan rings is 1. The summed E-state index contributed by atoms with van der Waals surface area (Å²) in [5.74, 6) is 0. The van der Waals surface area contributed by atoms with Crippen molar-refractivity contribution in [2.24, 2.45) is 0 Å². The fourth-order valence-corrected chi connectivity index (χ4v) is 7.29. The third kappa shape index (κ3) is 3.52. The maximum atomic E-state index is 6.19. The normalized spacial score (nSPS) is 12.0. The molecule has 0 N–H and O–H groups in total. The van der Waals surface area contributed by atoms with Crippen LogP contribution in [0.25, 0.3) is 98.4 Å². The molecule has 3 heterocycles. The Balaban J connectivity index is 1.27. The van der Waals surface area contributed by atoms with E-state index < -0.39 is 0 Å². The number of fused-ring (bicyclic) bond motifs is 10. The van der Waals surface area contributed by atoms with Gasteiger partial charge < -0.3 is 4.42 Å². The topological polar surface area (TPSA) is 38.9 Å². The summed E-state index contributed by atoms with van der Waals surface area (Å²) < 4.78 is 6.19. The lowest BCUT2D eigenvalue weighted by molar-refractivity contribution is 0.669. The Morgan fingerprint density at radius 2 is 1.07 bits per heavy atom. The predicted octanol–water partition coefficient (Wildman–Crippen LogP) is 11.5. The van der Waals surface area contributed by atoms with E-state index in [0.717, 1.165) is 49.6 Å². The molecule has 0 atom stereocenters. The molecule has 0 aliphatic heterocycles. The molecule has 0 saturated carbocycles. The fourth-order valence-electron chi connectivity index (χ4n) is 7.29. The number of pyridine rings is 2. The van der Waals surface area contributed by atoms with Gasteiger partial charge in [-0.05, 0) is 73.8 Å². The van der Waals surface area contributed by atoms with E-state index in [2.05, 4.69) is 121 Å². The molecule has 0 unspecified atom stereocenters. The summed E-state index contributed by atoms with van der Waals surface area (Å²) in [4.78, 5) is 10.0. The van der Waals surface area contributed by atoms with E-state index in [1.807, 2.05) is 24.4 Å². The van der Waals surface area contributed by atoms with Gasteiger partial charge in [0, 0.05) is 33.3 Å². The Morgan fingerprint density at radius 1 is 0.422 bits per heavy atom. The first-order valence-corrected chi connectivity index (χ1v) is 15.2. The number of hydrogen-bond donors (Lipinski definition) is 0. The van der Waals surface area contributed by atoms with E-state index in [-0.39, 0.29) is 0 Å². The first kappa shape index (κ1) is 24.4. The van der Waals surface area contributed by atoms with Crippen LogP contribution < -0.4 is 0 Å². The van der Waals surface area contributed by atoms with Crippen molar-refractivity contribution in [1.82, 2.24) is 9.97 Å². The molecule has 0 spiro atoms. The van der Waals surface area contributed by atoms with Crippen LogP contribution in [-0.4, -0.2) is 9.97 Å². The average Bonchev–Trinajstić information content (AvgIpc) is 3.49. The number of rotatable bonds is 2. The average molecular weight is 573 g/mol. The highest BCUT2D eigenvalue weighted by atomic mass is 16.3. The maximum Gasteiger partial charge on any atom is 0.136 e. The van der Waals surface area contributed by atoms with Crippen LogP contribution in [0.15, 0.2) is 150 Å². The molecule has 10 rings (SSSR count). The summed E-state index contributed by atoms with van der Waals surface area (Å²) >= 11 is 0. The van der Waals surface area contributed by atoms with Crippen molar-refractivity contribution in [2.75, 3.05) is 0 Å². The summed E-state index contributed by atoms with van der Waals surface area (Å²) in [5, 5.41) is 11.7. The van der Waals surface area contributed by atoms with Crippen molar-refractivity contribution in [1.29, 1.82) is 0 Å². The first-order valence-electron chi connectivity index (χ1n) is 15.2. The lowest BCUT2D eigenvalue weighted by Gasteiger charge is -2.18. The summed E-state index contributed by atoms with van der Waals surface area (Å²) in [5.41, 5.74) is 8.21. The van der Waals surface area contributed by atoms with Crippen LogP contribution >= 0.6 is 0 Å². The number of hydrogen-bond acceptors (Lipinski definition) is 3. The Labute approximate surface area is 258 Å². The maximum absolute atomic E-state index is 6.19. The Bertz CT molecular complexity index is 2770. The second-order valence-corrected chi connectivity index (χ2v) is 11.7. The summed E-state index contributed by atoms with van der Waals surface area (Å²) in [6.45, 7) is 0. The molecule has 0 aliphatic rings. The van der Waals surface area contributed by atoms with E-state index in [0.29, 0.717) is 0 Å². The molecule has 45 heavy (non-hydrogen) atoms. The highest BCUT2D eigenvalue weighted by Gasteiger charge is 2.19. The van der Waals surface area contributed by atoms with E-state index in [1.54, 1.807) is 0 Å². The van der Waals surface area contributed by atoms with E-state index in [9.17, 15) is 0 Å². The molecule has 0 bridgehead atoms. The van der Waals surface area contributed by atoms with Crippen LogP contribution in [0.3, 0.4) is 0 Å². The van der Waals surface area contributed by atoms with Gasteiger partial charge in [0.05, 0.1) is 16.7 Å². The molecule has 3 aromatic heterocycles. The Kier molecular flexibility index (Phi) is 5.00. The van der Waals surface area contributed by atoms with Crippen LogP contribution in [0, 0.1) is 0 Å². The minimum atomic E-state index is 0.919. The summed E-state index contributed by atoms with van der Waals surface area (Å²) in [6, 6.07) is 49.6. The molecular weight excluding hydrogens is 548 g/mol. The zero-order valence-corrected chi connectivity index (χ0v) is 24.2. The van der Waals surface area contributed by atoms with Crippen molar-refractivity contribution in [3.05, 3.63) is 146 Å². The van der Waals surface area contributed by atoms with Gasteiger partial charge in [-0.3, -0.25) is 4.98 Å². The summed E-state index contributed by atoms with van der Waals surface area (Å²) in [7, 11) is 0.